The molecular formula is C14H23N3O. The molecule has 0 radical (unpaired) electrons. The van der Waals surface area contributed by atoms with Crippen LogP contribution in [-0.4, -0.2) is 24.7 Å². The first-order chi connectivity index (χ1) is 8.83. The summed E-state index contributed by atoms with van der Waals surface area (Å²) in [7, 11) is 1.63. The van der Waals surface area contributed by atoms with Crippen molar-refractivity contribution in [2.75, 3.05) is 19.0 Å². The lowest BCUT2D eigenvalue weighted by Gasteiger charge is -2.30. The lowest BCUT2D eigenvalue weighted by molar-refractivity contribution is 0.320. The van der Waals surface area contributed by atoms with Crippen molar-refractivity contribution in [1.29, 1.82) is 0 Å². The summed E-state index contributed by atoms with van der Waals surface area (Å²) in [5, 5.41) is 3.53. The van der Waals surface area contributed by atoms with Gasteiger partial charge in [0.2, 0.25) is 5.88 Å². The quantitative estimate of drug-likeness (QED) is 0.841. The fourth-order valence-electron chi connectivity index (χ4n) is 2.73. The maximum Gasteiger partial charge on any atom is 0.214 e. The third-order valence-corrected chi connectivity index (χ3v) is 3.77. The molecule has 1 atom stereocenters. The predicted octanol–water partition coefficient (Wildman–Crippen LogP) is 2.41. The molecule has 4 nitrogen and oxygen atoms in total. The van der Waals surface area contributed by atoms with Gasteiger partial charge in [-0.25, -0.2) is 4.98 Å². The van der Waals surface area contributed by atoms with Crippen molar-refractivity contribution in [3.8, 4) is 5.88 Å². The lowest BCUT2D eigenvalue weighted by Crippen LogP contribution is -2.37. The molecule has 1 saturated carbocycles. The van der Waals surface area contributed by atoms with E-state index in [2.05, 4.69) is 10.3 Å². The molecule has 1 aliphatic rings. The summed E-state index contributed by atoms with van der Waals surface area (Å²) in [5.41, 5.74) is 6.96. The molecule has 3 N–H and O–H groups in total. The Morgan fingerprint density at radius 3 is 2.89 bits per heavy atom. The van der Waals surface area contributed by atoms with E-state index in [1.165, 1.54) is 32.1 Å². The van der Waals surface area contributed by atoms with Crippen LogP contribution in [0.15, 0.2) is 18.3 Å². The number of rotatable bonds is 5. The molecular weight excluding hydrogens is 226 g/mol. The molecule has 1 aromatic heterocycles. The average Bonchev–Trinajstić information content (AvgIpc) is 2.46. The Labute approximate surface area is 109 Å². The molecule has 1 heterocycles. The number of ether oxygens (including phenoxy) is 1. The fourth-order valence-corrected chi connectivity index (χ4v) is 2.73. The SMILES string of the molecule is COc1cc(NC(CN)C2CCCCC2)ccn1. The van der Waals surface area contributed by atoms with Crippen molar-refractivity contribution in [2.45, 2.75) is 38.1 Å². The summed E-state index contributed by atoms with van der Waals surface area (Å²) in [6.45, 7) is 0.676. The van der Waals surface area contributed by atoms with Crippen LogP contribution in [0.25, 0.3) is 0 Å². The Hall–Kier alpha value is -1.29. The van der Waals surface area contributed by atoms with Crippen molar-refractivity contribution in [2.24, 2.45) is 11.7 Å². The zero-order chi connectivity index (χ0) is 12.8. The van der Waals surface area contributed by atoms with Gasteiger partial charge >= 0.3 is 0 Å². The van der Waals surface area contributed by atoms with Crippen LogP contribution >= 0.6 is 0 Å². The molecule has 1 aliphatic carbocycles. The number of methoxy groups -OCH3 is 1. The average molecular weight is 249 g/mol. The molecule has 1 aromatic rings. The fraction of sp³-hybridized carbons (Fsp3) is 0.643. The van der Waals surface area contributed by atoms with Crippen LogP contribution in [0.1, 0.15) is 32.1 Å². The Morgan fingerprint density at radius 1 is 1.44 bits per heavy atom. The van der Waals surface area contributed by atoms with Gasteiger partial charge in [0.25, 0.3) is 0 Å². The van der Waals surface area contributed by atoms with E-state index in [1.807, 2.05) is 12.1 Å². The summed E-state index contributed by atoms with van der Waals surface area (Å²) in [6.07, 6.45) is 8.38. The van der Waals surface area contributed by atoms with Gasteiger partial charge in [-0.1, -0.05) is 19.3 Å². The molecule has 0 saturated heterocycles. The van der Waals surface area contributed by atoms with E-state index in [0.717, 1.165) is 5.69 Å². The molecule has 18 heavy (non-hydrogen) atoms. The molecule has 4 heteroatoms. The van der Waals surface area contributed by atoms with Gasteiger partial charge in [-0.15, -0.1) is 0 Å². The summed E-state index contributed by atoms with van der Waals surface area (Å²) >= 11 is 0. The first kappa shape index (κ1) is 13.1. The minimum Gasteiger partial charge on any atom is -0.481 e. The first-order valence-corrected chi connectivity index (χ1v) is 6.80. The maximum atomic E-state index is 5.91. The van der Waals surface area contributed by atoms with E-state index in [0.29, 0.717) is 24.4 Å². The van der Waals surface area contributed by atoms with Gasteiger partial charge in [-0.05, 0) is 24.8 Å². The van der Waals surface area contributed by atoms with Crippen LogP contribution in [0.4, 0.5) is 5.69 Å². The van der Waals surface area contributed by atoms with Crippen LogP contribution < -0.4 is 15.8 Å². The van der Waals surface area contributed by atoms with Crippen LogP contribution in [0, 0.1) is 5.92 Å². The van der Waals surface area contributed by atoms with E-state index in [1.54, 1.807) is 13.3 Å². The Balaban J connectivity index is 1.99. The zero-order valence-corrected chi connectivity index (χ0v) is 11.1. The molecule has 100 valence electrons. The number of nitrogens with one attached hydrogen (secondary N) is 1. The van der Waals surface area contributed by atoms with Crippen LogP contribution in [0.2, 0.25) is 0 Å². The third kappa shape index (κ3) is 3.35. The Morgan fingerprint density at radius 2 is 2.22 bits per heavy atom. The number of hydrogen-bond donors (Lipinski definition) is 2. The van der Waals surface area contributed by atoms with Crippen molar-refractivity contribution in [1.82, 2.24) is 4.98 Å². The second kappa shape index (κ2) is 6.59. The molecule has 1 unspecified atom stereocenters. The van der Waals surface area contributed by atoms with Gasteiger partial charge in [0.15, 0.2) is 0 Å². The highest BCUT2D eigenvalue weighted by Gasteiger charge is 2.22. The molecule has 0 spiro atoms. The first-order valence-electron chi connectivity index (χ1n) is 6.80. The van der Waals surface area contributed by atoms with Crippen molar-refractivity contribution >= 4 is 5.69 Å². The van der Waals surface area contributed by atoms with E-state index in [9.17, 15) is 0 Å². The van der Waals surface area contributed by atoms with Crippen LogP contribution in [-0.2, 0) is 0 Å². The lowest BCUT2D eigenvalue weighted by atomic mass is 9.84. The van der Waals surface area contributed by atoms with Gasteiger partial charge in [0, 0.05) is 30.5 Å². The number of hydrogen-bond acceptors (Lipinski definition) is 4. The molecule has 0 bridgehead atoms. The second-order valence-electron chi connectivity index (χ2n) is 4.97. The van der Waals surface area contributed by atoms with E-state index >= 15 is 0 Å². The summed E-state index contributed by atoms with van der Waals surface area (Å²) in [5.74, 6) is 1.34. The van der Waals surface area contributed by atoms with Gasteiger partial charge in [0.1, 0.15) is 0 Å². The number of nitrogens with zero attached hydrogens (tertiary/aromatic N) is 1. The van der Waals surface area contributed by atoms with E-state index < -0.39 is 0 Å². The van der Waals surface area contributed by atoms with Crippen molar-refractivity contribution in [3.63, 3.8) is 0 Å². The second-order valence-corrected chi connectivity index (χ2v) is 4.97. The highest BCUT2D eigenvalue weighted by molar-refractivity contribution is 5.46. The number of anilines is 1. The largest absolute Gasteiger partial charge is 0.481 e. The maximum absolute atomic E-state index is 5.91. The zero-order valence-electron chi connectivity index (χ0n) is 11.1. The standard InChI is InChI=1S/C14H23N3O/c1-18-14-9-12(7-8-16-14)17-13(10-15)11-5-3-2-4-6-11/h7-9,11,13H,2-6,10,15H2,1H3,(H,16,17). The van der Waals surface area contributed by atoms with Crippen LogP contribution in [0.3, 0.4) is 0 Å². The van der Waals surface area contributed by atoms with Gasteiger partial charge in [-0.2, -0.15) is 0 Å². The summed E-state index contributed by atoms with van der Waals surface area (Å²) < 4.78 is 5.13. The van der Waals surface area contributed by atoms with Gasteiger partial charge in [0.05, 0.1) is 7.11 Å². The molecule has 1 fully saturated rings. The smallest absolute Gasteiger partial charge is 0.214 e. The predicted molar refractivity (Wildman–Crippen MR) is 73.8 cm³/mol. The van der Waals surface area contributed by atoms with Crippen molar-refractivity contribution in [3.05, 3.63) is 18.3 Å². The number of pyridine rings is 1. The third-order valence-electron chi connectivity index (χ3n) is 3.77. The molecule has 2 rings (SSSR count). The Bertz CT molecular complexity index is 364. The topological polar surface area (TPSA) is 60.2 Å². The minimum atomic E-state index is 0.359. The van der Waals surface area contributed by atoms with Gasteiger partial charge < -0.3 is 15.8 Å². The van der Waals surface area contributed by atoms with Crippen molar-refractivity contribution < 1.29 is 4.74 Å². The molecule has 0 aliphatic heterocycles. The monoisotopic (exact) mass is 249 g/mol. The highest BCUT2D eigenvalue weighted by Crippen LogP contribution is 2.28. The number of nitrogens with two attached hydrogens (primary N) is 1. The van der Waals surface area contributed by atoms with E-state index in [4.69, 9.17) is 10.5 Å². The Kier molecular flexibility index (Phi) is 4.81. The number of aromatic nitrogens is 1. The van der Waals surface area contributed by atoms with Crippen LogP contribution in [0.5, 0.6) is 5.88 Å². The van der Waals surface area contributed by atoms with Gasteiger partial charge in [-0.3, -0.25) is 0 Å². The minimum absolute atomic E-state index is 0.359. The molecule has 0 amide bonds. The highest BCUT2D eigenvalue weighted by atomic mass is 16.5. The molecule has 0 aromatic carbocycles. The normalized spacial score (nSPS) is 18.3. The summed E-state index contributed by atoms with van der Waals surface area (Å²) in [6, 6.07) is 4.25. The summed E-state index contributed by atoms with van der Waals surface area (Å²) in [4.78, 5) is 4.11. The van der Waals surface area contributed by atoms with E-state index in [-0.39, 0.29) is 0 Å².